The van der Waals surface area contributed by atoms with Crippen LogP contribution < -0.4 is 0 Å². The predicted octanol–water partition coefficient (Wildman–Crippen LogP) is 1.91. The first-order valence-electron chi connectivity index (χ1n) is 3.92. The number of hydrogen-bond donors (Lipinski definition) is 1. The summed E-state index contributed by atoms with van der Waals surface area (Å²) in [5.41, 5.74) is 0. The van der Waals surface area contributed by atoms with Crippen LogP contribution in [0, 0.1) is 12.3 Å². The van der Waals surface area contributed by atoms with Crippen LogP contribution in [0.3, 0.4) is 0 Å². The second-order valence-electron chi connectivity index (χ2n) is 2.42. The molecule has 0 unspecified atom stereocenters. The standard InChI is InChI=1S/C9H15O/c1-2-3-4-5-6-7-8-9-10/h10H,3-9H2. The molecule has 0 aliphatic rings. The summed E-state index contributed by atoms with van der Waals surface area (Å²) in [6, 6.07) is 0. The van der Waals surface area contributed by atoms with E-state index in [1.807, 2.05) is 0 Å². The first-order valence-corrected chi connectivity index (χ1v) is 3.92. The summed E-state index contributed by atoms with van der Waals surface area (Å²) in [7, 11) is 0. The van der Waals surface area contributed by atoms with E-state index in [0.29, 0.717) is 6.61 Å². The van der Waals surface area contributed by atoms with Crippen molar-refractivity contribution >= 4 is 0 Å². The Kier molecular flexibility index (Phi) is 8.11. The molecule has 0 spiro atoms. The van der Waals surface area contributed by atoms with Crippen LogP contribution >= 0.6 is 0 Å². The summed E-state index contributed by atoms with van der Waals surface area (Å²) in [6.45, 7) is 0.316. The monoisotopic (exact) mass is 139 g/mol. The van der Waals surface area contributed by atoms with Crippen molar-refractivity contribution in [1.82, 2.24) is 0 Å². The van der Waals surface area contributed by atoms with Gasteiger partial charge in [0.1, 0.15) is 0 Å². The smallest absolute Gasteiger partial charge is 0.0431 e. The lowest BCUT2D eigenvalue weighted by Crippen LogP contribution is -1.82. The molecule has 0 rings (SSSR count). The van der Waals surface area contributed by atoms with Gasteiger partial charge in [0.05, 0.1) is 0 Å². The second-order valence-corrected chi connectivity index (χ2v) is 2.42. The van der Waals surface area contributed by atoms with Crippen molar-refractivity contribution in [1.29, 1.82) is 0 Å². The molecule has 0 amide bonds. The Morgan fingerprint density at radius 2 is 1.60 bits per heavy atom. The van der Waals surface area contributed by atoms with Gasteiger partial charge >= 0.3 is 0 Å². The zero-order valence-electron chi connectivity index (χ0n) is 6.40. The van der Waals surface area contributed by atoms with Gasteiger partial charge in [0, 0.05) is 13.0 Å². The van der Waals surface area contributed by atoms with Crippen molar-refractivity contribution < 1.29 is 5.11 Å². The van der Waals surface area contributed by atoms with Crippen molar-refractivity contribution in [2.45, 2.75) is 38.5 Å². The molecule has 0 aromatic heterocycles. The molecule has 0 aromatic rings. The van der Waals surface area contributed by atoms with E-state index in [1.165, 1.54) is 12.8 Å². The van der Waals surface area contributed by atoms with Gasteiger partial charge in [-0.3, -0.25) is 0 Å². The van der Waals surface area contributed by atoms with Gasteiger partial charge in [0.15, 0.2) is 0 Å². The van der Waals surface area contributed by atoms with Crippen molar-refractivity contribution in [2.24, 2.45) is 0 Å². The van der Waals surface area contributed by atoms with Crippen LogP contribution in [0.4, 0.5) is 0 Å². The molecule has 0 aromatic carbocycles. The molecule has 0 bridgehead atoms. The summed E-state index contributed by atoms with van der Waals surface area (Å²) in [4.78, 5) is 0. The first-order chi connectivity index (χ1) is 4.91. The second kappa shape index (κ2) is 8.52. The normalized spacial score (nSPS) is 9.20. The first kappa shape index (κ1) is 9.52. The van der Waals surface area contributed by atoms with Gasteiger partial charge < -0.3 is 5.11 Å². The molecule has 1 N–H and O–H groups in total. The van der Waals surface area contributed by atoms with E-state index in [0.717, 1.165) is 25.7 Å². The summed E-state index contributed by atoms with van der Waals surface area (Å²) < 4.78 is 0. The molecule has 0 saturated carbocycles. The van der Waals surface area contributed by atoms with Crippen LogP contribution in [-0.4, -0.2) is 11.7 Å². The maximum atomic E-state index is 8.43. The zero-order chi connectivity index (χ0) is 7.66. The summed E-state index contributed by atoms with van der Waals surface area (Å²) in [6.07, 6.45) is 12.9. The molecule has 10 heavy (non-hydrogen) atoms. The molecule has 1 heteroatoms. The van der Waals surface area contributed by atoms with Crippen molar-refractivity contribution in [3.8, 4) is 5.92 Å². The average Bonchev–Trinajstić information content (AvgIpc) is 1.97. The molecule has 0 saturated heterocycles. The van der Waals surface area contributed by atoms with E-state index < -0.39 is 0 Å². The summed E-state index contributed by atoms with van der Waals surface area (Å²) in [5.74, 6) is 2.36. The lowest BCUT2D eigenvalue weighted by Gasteiger charge is -1.95. The quantitative estimate of drug-likeness (QED) is 0.440. The summed E-state index contributed by atoms with van der Waals surface area (Å²) >= 11 is 0. The topological polar surface area (TPSA) is 20.2 Å². The Labute approximate surface area is 63.5 Å². The highest BCUT2D eigenvalue weighted by Gasteiger charge is 1.87. The van der Waals surface area contributed by atoms with Crippen LogP contribution in [0.15, 0.2) is 0 Å². The van der Waals surface area contributed by atoms with Crippen LogP contribution in [0.25, 0.3) is 0 Å². The van der Waals surface area contributed by atoms with Crippen molar-refractivity contribution in [3.63, 3.8) is 0 Å². The molecule has 0 aliphatic heterocycles. The maximum Gasteiger partial charge on any atom is 0.0431 e. The van der Waals surface area contributed by atoms with E-state index in [-0.39, 0.29) is 0 Å². The van der Waals surface area contributed by atoms with Gasteiger partial charge in [-0.05, 0) is 19.3 Å². The number of rotatable bonds is 6. The molecule has 0 aliphatic carbocycles. The van der Waals surface area contributed by atoms with Crippen molar-refractivity contribution in [2.75, 3.05) is 6.61 Å². The Balaban J connectivity index is 2.72. The fraction of sp³-hybridized carbons (Fsp3) is 0.778. The predicted molar refractivity (Wildman–Crippen MR) is 41.9 cm³/mol. The molecular formula is C9H15O. The highest BCUT2D eigenvalue weighted by atomic mass is 16.2. The van der Waals surface area contributed by atoms with Gasteiger partial charge in [-0.15, -0.1) is 0 Å². The Morgan fingerprint density at radius 1 is 1.00 bits per heavy atom. The van der Waals surface area contributed by atoms with Crippen LogP contribution in [0.2, 0.25) is 0 Å². The van der Waals surface area contributed by atoms with Gasteiger partial charge in [0.2, 0.25) is 0 Å². The molecule has 1 nitrogen and oxygen atoms in total. The number of aliphatic hydroxyl groups excluding tert-OH is 1. The summed E-state index contributed by atoms with van der Waals surface area (Å²) in [5, 5.41) is 8.43. The highest BCUT2D eigenvalue weighted by Crippen LogP contribution is 2.03. The number of aliphatic hydroxyl groups is 1. The Bertz CT molecular complexity index is 91.4. The van der Waals surface area contributed by atoms with Gasteiger partial charge in [-0.2, -0.15) is 0 Å². The highest BCUT2D eigenvalue weighted by molar-refractivity contribution is 4.74. The van der Waals surface area contributed by atoms with E-state index in [4.69, 9.17) is 11.5 Å². The Hall–Kier alpha value is -0.480. The molecule has 0 heterocycles. The Morgan fingerprint density at radius 3 is 2.20 bits per heavy atom. The lowest BCUT2D eigenvalue weighted by molar-refractivity contribution is 0.282. The fourth-order valence-corrected chi connectivity index (χ4v) is 0.856. The molecule has 0 fully saturated rings. The third-order valence-corrected chi connectivity index (χ3v) is 1.46. The molecule has 1 radical (unpaired) electrons. The van der Waals surface area contributed by atoms with E-state index in [2.05, 4.69) is 5.92 Å². The minimum Gasteiger partial charge on any atom is -0.396 e. The molecule has 0 atom stereocenters. The van der Waals surface area contributed by atoms with Crippen LogP contribution in [-0.2, 0) is 0 Å². The third-order valence-electron chi connectivity index (χ3n) is 1.46. The van der Waals surface area contributed by atoms with Gasteiger partial charge in [0.25, 0.3) is 0 Å². The van der Waals surface area contributed by atoms with Gasteiger partial charge in [-0.25, -0.2) is 0 Å². The average molecular weight is 139 g/mol. The molecular weight excluding hydrogens is 124 g/mol. The van der Waals surface area contributed by atoms with E-state index in [1.54, 1.807) is 0 Å². The number of unbranched alkanes of at least 4 members (excludes halogenated alkanes) is 5. The van der Waals surface area contributed by atoms with E-state index >= 15 is 0 Å². The molecule has 57 valence electrons. The lowest BCUT2D eigenvalue weighted by atomic mass is 10.1. The fourth-order valence-electron chi connectivity index (χ4n) is 0.856. The number of hydrogen-bond acceptors (Lipinski definition) is 1. The minimum absolute atomic E-state index is 0.316. The SMILES string of the molecule is [C]#CCCCCCCCO. The largest absolute Gasteiger partial charge is 0.396 e. The van der Waals surface area contributed by atoms with Crippen LogP contribution in [0.5, 0.6) is 0 Å². The van der Waals surface area contributed by atoms with E-state index in [9.17, 15) is 0 Å². The third kappa shape index (κ3) is 7.52. The zero-order valence-corrected chi connectivity index (χ0v) is 6.40. The maximum absolute atomic E-state index is 8.43. The van der Waals surface area contributed by atoms with Crippen molar-refractivity contribution in [3.05, 3.63) is 6.42 Å². The van der Waals surface area contributed by atoms with Crippen LogP contribution in [0.1, 0.15) is 38.5 Å². The minimum atomic E-state index is 0.316. The van der Waals surface area contributed by atoms with Gasteiger partial charge in [-0.1, -0.05) is 25.2 Å².